The molecule has 0 bridgehead atoms. The van der Waals surface area contributed by atoms with E-state index in [0.717, 1.165) is 12.8 Å². The van der Waals surface area contributed by atoms with E-state index in [0.29, 0.717) is 23.7 Å². The fraction of sp³-hybridized carbons (Fsp3) is 0.350. The Morgan fingerprint density at radius 2 is 2.00 bits per heavy atom. The highest BCUT2D eigenvalue weighted by atomic mass is 16.5. The zero-order valence-electron chi connectivity index (χ0n) is 14.8. The van der Waals surface area contributed by atoms with Crippen molar-refractivity contribution < 1.29 is 29.2 Å². The summed E-state index contributed by atoms with van der Waals surface area (Å²) in [5.74, 6) is 0.708. The predicted molar refractivity (Wildman–Crippen MR) is 95.5 cm³/mol. The van der Waals surface area contributed by atoms with Gasteiger partial charge in [0.1, 0.15) is 28.9 Å². The molecule has 26 heavy (non-hydrogen) atoms. The molecule has 3 rings (SSSR count). The third-order valence-corrected chi connectivity index (χ3v) is 4.32. The van der Waals surface area contributed by atoms with Crippen LogP contribution >= 0.6 is 0 Å². The van der Waals surface area contributed by atoms with Crippen molar-refractivity contribution in [3.05, 3.63) is 41.5 Å². The van der Waals surface area contributed by atoms with Gasteiger partial charge >= 0.3 is 0 Å². The summed E-state index contributed by atoms with van der Waals surface area (Å²) in [6.07, 6.45) is 1.40. The second-order valence-electron chi connectivity index (χ2n) is 6.18. The standard InChI is InChI=1S/C20H22O6/c1-3-4-7-25-13-9-15(22)20-16(23)11-18(26-19(20)10-13)12-5-6-17(24-2)14(21)8-12/h5-6,8-10,18,21-22H,3-4,7,11H2,1-2H3/t18-/m0/s1. The van der Waals surface area contributed by atoms with Gasteiger partial charge in [0.05, 0.1) is 20.1 Å². The van der Waals surface area contributed by atoms with Gasteiger partial charge in [-0.3, -0.25) is 4.79 Å². The summed E-state index contributed by atoms with van der Waals surface area (Å²) in [6, 6.07) is 7.94. The van der Waals surface area contributed by atoms with Gasteiger partial charge in [0.15, 0.2) is 17.3 Å². The molecule has 138 valence electrons. The lowest BCUT2D eigenvalue weighted by atomic mass is 9.95. The largest absolute Gasteiger partial charge is 0.507 e. The molecule has 2 aromatic carbocycles. The van der Waals surface area contributed by atoms with Crippen LogP contribution in [0.2, 0.25) is 0 Å². The SMILES string of the molecule is CCCCOc1cc(O)c2c(c1)O[C@H](c1ccc(OC)c(O)c1)CC2=O. The number of rotatable bonds is 6. The van der Waals surface area contributed by atoms with E-state index in [2.05, 4.69) is 6.92 Å². The van der Waals surface area contributed by atoms with Crippen LogP contribution in [0.15, 0.2) is 30.3 Å². The molecule has 2 aromatic rings. The summed E-state index contributed by atoms with van der Waals surface area (Å²) in [4.78, 5) is 12.5. The maximum absolute atomic E-state index is 12.5. The Morgan fingerprint density at radius 3 is 2.69 bits per heavy atom. The van der Waals surface area contributed by atoms with E-state index in [1.165, 1.54) is 19.2 Å². The molecule has 0 spiro atoms. The number of aromatic hydroxyl groups is 2. The molecule has 0 unspecified atom stereocenters. The van der Waals surface area contributed by atoms with Crippen molar-refractivity contribution in [1.82, 2.24) is 0 Å². The van der Waals surface area contributed by atoms with E-state index < -0.39 is 6.10 Å². The highest BCUT2D eigenvalue weighted by Crippen LogP contribution is 2.43. The van der Waals surface area contributed by atoms with Crippen molar-refractivity contribution in [2.24, 2.45) is 0 Å². The van der Waals surface area contributed by atoms with Gasteiger partial charge < -0.3 is 24.4 Å². The number of phenols is 2. The molecular formula is C20H22O6. The molecule has 1 atom stereocenters. The van der Waals surface area contributed by atoms with Gasteiger partial charge in [-0.1, -0.05) is 19.4 Å². The first kappa shape index (κ1) is 17.9. The smallest absolute Gasteiger partial charge is 0.174 e. The molecule has 0 aromatic heterocycles. The van der Waals surface area contributed by atoms with Gasteiger partial charge in [-0.15, -0.1) is 0 Å². The van der Waals surface area contributed by atoms with E-state index in [-0.39, 0.29) is 35.0 Å². The number of methoxy groups -OCH3 is 1. The summed E-state index contributed by atoms with van der Waals surface area (Å²) < 4.78 is 16.6. The lowest BCUT2D eigenvalue weighted by Gasteiger charge is -2.26. The maximum atomic E-state index is 12.5. The van der Waals surface area contributed by atoms with Gasteiger partial charge in [-0.2, -0.15) is 0 Å². The van der Waals surface area contributed by atoms with Gasteiger partial charge in [0, 0.05) is 12.1 Å². The Hall–Kier alpha value is -2.89. The number of hydrogen-bond donors (Lipinski definition) is 2. The average Bonchev–Trinajstić information content (AvgIpc) is 2.61. The Bertz CT molecular complexity index is 814. The van der Waals surface area contributed by atoms with Crippen molar-refractivity contribution in [2.75, 3.05) is 13.7 Å². The minimum Gasteiger partial charge on any atom is -0.507 e. The number of phenolic OH excluding ortho intramolecular Hbond substituents is 2. The molecule has 1 heterocycles. The fourth-order valence-corrected chi connectivity index (χ4v) is 2.93. The normalized spacial score (nSPS) is 15.9. The number of carbonyl (C=O) groups excluding carboxylic acids is 1. The Kier molecular flexibility index (Phi) is 5.21. The second-order valence-corrected chi connectivity index (χ2v) is 6.18. The van der Waals surface area contributed by atoms with E-state index >= 15 is 0 Å². The summed E-state index contributed by atoms with van der Waals surface area (Å²) >= 11 is 0. The molecular weight excluding hydrogens is 336 g/mol. The molecule has 1 aliphatic rings. The van der Waals surface area contributed by atoms with Crippen molar-refractivity contribution in [2.45, 2.75) is 32.3 Å². The molecule has 0 fully saturated rings. The topological polar surface area (TPSA) is 85.2 Å². The number of carbonyl (C=O) groups is 1. The van der Waals surface area contributed by atoms with E-state index in [4.69, 9.17) is 14.2 Å². The summed E-state index contributed by atoms with van der Waals surface area (Å²) in [5, 5.41) is 20.2. The molecule has 0 amide bonds. The number of ether oxygens (including phenoxy) is 3. The number of hydrogen-bond acceptors (Lipinski definition) is 6. The molecule has 2 N–H and O–H groups in total. The van der Waals surface area contributed by atoms with Crippen molar-refractivity contribution in [1.29, 1.82) is 0 Å². The zero-order valence-corrected chi connectivity index (χ0v) is 14.8. The summed E-state index contributed by atoms with van der Waals surface area (Å²) in [6.45, 7) is 2.59. The molecule has 6 nitrogen and oxygen atoms in total. The Balaban J connectivity index is 1.88. The first-order valence-electron chi connectivity index (χ1n) is 8.60. The van der Waals surface area contributed by atoms with Gasteiger partial charge in [0.25, 0.3) is 0 Å². The van der Waals surface area contributed by atoms with Crippen LogP contribution in [0.5, 0.6) is 28.7 Å². The molecule has 0 saturated heterocycles. The third-order valence-electron chi connectivity index (χ3n) is 4.32. The van der Waals surface area contributed by atoms with E-state index in [1.54, 1.807) is 18.2 Å². The van der Waals surface area contributed by atoms with Crippen LogP contribution in [0.25, 0.3) is 0 Å². The highest BCUT2D eigenvalue weighted by Gasteiger charge is 2.31. The molecule has 0 radical (unpaired) electrons. The minimum absolute atomic E-state index is 0.0219. The van der Waals surface area contributed by atoms with Crippen LogP contribution in [0.4, 0.5) is 0 Å². The molecule has 0 saturated carbocycles. The monoisotopic (exact) mass is 358 g/mol. The third kappa shape index (κ3) is 3.54. The van der Waals surface area contributed by atoms with Crippen LogP contribution in [0.1, 0.15) is 48.2 Å². The number of ketones is 1. The van der Waals surface area contributed by atoms with Gasteiger partial charge in [0.2, 0.25) is 0 Å². The number of benzene rings is 2. The number of Topliss-reactive ketones (excluding diaryl/α,β-unsaturated/α-hetero) is 1. The predicted octanol–water partition coefficient (Wildman–Crippen LogP) is 3.99. The summed E-state index contributed by atoms with van der Waals surface area (Å²) in [7, 11) is 1.47. The Labute approximate surface area is 151 Å². The molecule has 1 aliphatic heterocycles. The lowest BCUT2D eigenvalue weighted by Crippen LogP contribution is -2.20. The molecule has 6 heteroatoms. The van der Waals surface area contributed by atoms with Crippen LogP contribution in [0.3, 0.4) is 0 Å². The zero-order chi connectivity index (χ0) is 18.7. The number of fused-ring (bicyclic) bond motifs is 1. The average molecular weight is 358 g/mol. The first-order valence-corrected chi connectivity index (χ1v) is 8.60. The van der Waals surface area contributed by atoms with Crippen LogP contribution in [0, 0.1) is 0 Å². The molecule has 0 aliphatic carbocycles. The number of unbranched alkanes of at least 4 members (excludes halogenated alkanes) is 1. The van der Waals surface area contributed by atoms with Gasteiger partial charge in [-0.05, 0) is 24.1 Å². The maximum Gasteiger partial charge on any atom is 0.174 e. The minimum atomic E-state index is -0.558. The summed E-state index contributed by atoms with van der Waals surface area (Å²) in [5.41, 5.74) is 0.820. The lowest BCUT2D eigenvalue weighted by molar-refractivity contribution is 0.0844. The van der Waals surface area contributed by atoms with Crippen molar-refractivity contribution in [3.63, 3.8) is 0 Å². The quantitative estimate of drug-likeness (QED) is 0.760. The first-order chi connectivity index (χ1) is 12.5. The van der Waals surface area contributed by atoms with E-state index in [1.807, 2.05) is 0 Å². The van der Waals surface area contributed by atoms with Gasteiger partial charge in [-0.25, -0.2) is 0 Å². The van der Waals surface area contributed by atoms with Crippen molar-refractivity contribution in [3.8, 4) is 28.7 Å². The van der Waals surface area contributed by atoms with Crippen LogP contribution < -0.4 is 14.2 Å². The van der Waals surface area contributed by atoms with Crippen molar-refractivity contribution >= 4 is 5.78 Å². The Morgan fingerprint density at radius 1 is 1.19 bits per heavy atom. The second kappa shape index (κ2) is 7.56. The van der Waals surface area contributed by atoms with E-state index in [9.17, 15) is 15.0 Å². The van der Waals surface area contributed by atoms with Crippen LogP contribution in [-0.2, 0) is 0 Å². The fourth-order valence-electron chi connectivity index (χ4n) is 2.93. The highest BCUT2D eigenvalue weighted by molar-refractivity contribution is 6.02. The van der Waals surface area contributed by atoms with Crippen LogP contribution in [-0.4, -0.2) is 29.7 Å².